The van der Waals surface area contributed by atoms with Crippen LogP contribution in [0.1, 0.15) is 10.4 Å². The number of carbonyl (C=O) groups excluding carboxylic acids is 2. The average molecular weight is 557 g/mol. The molecule has 0 radical (unpaired) electrons. The number of anilines is 1. The lowest BCUT2D eigenvalue weighted by Gasteiger charge is -2.08. The highest BCUT2D eigenvalue weighted by Gasteiger charge is 2.19. The first-order chi connectivity index (χ1) is 19.0. The Morgan fingerprint density at radius 3 is 2.23 bits per heavy atom. The second-order valence-corrected chi connectivity index (χ2v) is 9.54. The van der Waals surface area contributed by atoms with Gasteiger partial charge in [-0.3, -0.25) is 10.1 Å². The topological polar surface area (TPSA) is 120 Å². The molecule has 11 heteroatoms. The van der Waals surface area contributed by atoms with Crippen molar-refractivity contribution in [2.45, 2.75) is 0 Å². The van der Waals surface area contributed by atoms with E-state index in [4.69, 9.17) is 25.2 Å². The van der Waals surface area contributed by atoms with Gasteiger partial charge in [-0.05, 0) is 54.6 Å². The van der Waals surface area contributed by atoms with Gasteiger partial charge in [0.15, 0.2) is 23.3 Å². The highest BCUT2D eigenvalue weighted by atomic mass is 35.5. The molecule has 0 unspecified atom stereocenters. The van der Waals surface area contributed by atoms with Crippen molar-refractivity contribution in [3.63, 3.8) is 0 Å². The van der Waals surface area contributed by atoms with Crippen LogP contribution in [0.2, 0.25) is 5.02 Å². The maximum atomic E-state index is 12.7. The molecule has 0 fully saturated rings. The first-order valence-corrected chi connectivity index (χ1v) is 12.9. The van der Waals surface area contributed by atoms with Crippen LogP contribution in [0.5, 0.6) is 0 Å². The van der Waals surface area contributed by atoms with Crippen molar-refractivity contribution in [2.75, 3.05) is 11.9 Å². The average Bonchev–Trinajstić information content (AvgIpc) is 3.74. The van der Waals surface area contributed by atoms with Crippen molar-refractivity contribution < 1.29 is 23.2 Å². The second kappa shape index (κ2) is 10.5. The molecule has 0 aliphatic carbocycles. The predicted octanol–water partition coefficient (Wildman–Crippen LogP) is 6.72. The number of carbonyl (C=O) groups is 2. The number of fused-ring (bicyclic) bond motifs is 1. The van der Waals surface area contributed by atoms with Crippen LogP contribution < -0.4 is 5.32 Å². The molecule has 0 bridgehead atoms. The summed E-state index contributed by atoms with van der Waals surface area (Å²) in [4.78, 5) is 38.9. The molecule has 0 saturated carbocycles. The minimum Gasteiger partial charge on any atom is -0.463 e. The van der Waals surface area contributed by atoms with E-state index in [1.165, 1.54) is 17.6 Å². The Balaban J connectivity index is 1.15. The fourth-order valence-electron chi connectivity index (χ4n) is 3.81. The molecule has 6 rings (SSSR count). The minimum absolute atomic E-state index is 0.222. The molecule has 0 aliphatic heterocycles. The molecular formula is C28H17ClN4O5S. The Morgan fingerprint density at radius 1 is 0.872 bits per heavy atom. The van der Waals surface area contributed by atoms with E-state index in [0.717, 1.165) is 5.56 Å². The van der Waals surface area contributed by atoms with Gasteiger partial charge >= 0.3 is 5.97 Å². The molecule has 1 N–H and O–H groups in total. The second-order valence-electron chi connectivity index (χ2n) is 8.25. The van der Waals surface area contributed by atoms with Crippen molar-refractivity contribution >= 4 is 51.0 Å². The molecular weight excluding hydrogens is 540 g/mol. The number of nitrogens with zero attached hydrogens (tertiary/aromatic N) is 3. The maximum Gasteiger partial charge on any atom is 0.338 e. The zero-order chi connectivity index (χ0) is 26.8. The van der Waals surface area contributed by atoms with E-state index in [9.17, 15) is 9.59 Å². The lowest BCUT2D eigenvalue weighted by Crippen LogP contribution is -2.20. The molecule has 1 amide bonds. The summed E-state index contributed by atoms with van der Waals surface area (Å²) in [6.45, 7) is -0.479. The standard InChI is InChI=1S/C28H17ClN4O5S/c29-18-8-5-16(6-9-18)21-15-39-28(32-21)33-24(34)14-38-27(35)17-7-10-19-20(13-17)31-26(23-4-2-12-37-23)25(30-19)22-3-1-11-36-22/h1-13,15H,14H2,(H,32,33,34). The van der Waals surface area contributed by atoms with Gasteiger partial charge in [0.05, 0.1) is 34.8 Å². The Kier molecular flexibility index (Phi) is 6.62. The smallest absolute Gasteiger partial charge is 0.338 e. The Labute approximate surface area is 230 Å². The lowest BCUT2D eigenvalue weighted by molar-refractivity contribution is -0.119. The molecule has 192 valence electrons. The first kappa shape index (κ1) is 24.5. The number of ether oxygens (including phenoxy) is 1. The number of aromatic nitrogens is 3. The molecule has 0 atom stereocenters. The molecule has 4 heterocycles. The molecule has 2 aromatic carbocycles. The lowest BCUT2D eigenvalue weighted by atomic mass is 10.1. The number of rotatable bonds is 7. The van der Waals surface area contributed by atoms with E-state index in [1.54, 1.807) is 60.9 Å². The van der Waals surface area contributed by atoms with E-state index in [1.807, 2.05) is 17.5 Å². The Morgan fingerprint density at radius 2 is 1.56 bits per heavy atom. The molecule has 4 aromatic heterocycles. The van der Waals surface area contributed by atoms with Crippen LogP contribution >= 0.6 is 22.9 Å². The number of halogens is 1. The summed E-state index contributed by atoms with van der Waals surface area (Å²) in [6, 6.07) is 19.0. The van der Waals surface area contributed by atoms with Crippen molar-refractivity contribution in [3.8, 4) is 34.2 Å². The van der Waals surface area contributed by atoms with E-state index >= 15 is 0 Å². The highest BCUT2D eigenvalue weighted by molar-refractivity contribution is 7.14. The van der Waals surface area contributed by atoms with Gasteiger partial charge in [-0.2, -0.15) is 0 Å². The molecule has 0 aliphatic rings. The summed E-state index contributed by atoms with van der Waals surface area (Å²) in [7, 11) is 0. The van der Waals surface area contributed by atoms with Gasteiger partial charge in [0.2, 0.25) is 0 Å². The van der Waals surface area contributed by atoms with Crippen LogP contribution in [0.3, 0.4) is 0 Å². The fourth-order valence-corrected chi connectivity index (χ4v) is 4.67. The monoisotopic (exact) mass is 556 g/mol. The summed E-state index contributed by atoms with van der Waals surface area (Å²) in [5, 5.41) is 5.47. The van der Waals surface area contributed by atoms with E-state index in [0.29, 0.717) is 49.8 Å². The van der Waals surface area contributed by atoms with Crippen LogP contribution in [0.25, 0.3) is 45.2 Å². The number of hydrogen-bond acceptors (Lipinski definition) is 9. The van der Waals surface area contributed by atoms with Crippen molar-refractivity contribution in [1.29, 1.82) is 0 Å². The third kappa shape index (κ3) is 5.28. The van der Waals surface area contributed by atoms with Crippen LogP contribution in [-0.4, -0.2) is 33.4 Å². The molecule has 6 aromatic rings. The zero-order valence-electron chi connectivity index (χ0n) is 20.0. The highest BCUT2D eigenvalue weighted by Crippen LogP contribution is 2.32. The van der Waals surface area contributed by atoms with Crippen LogP contribution in [-0.2, 0) is 9.53 Å². The quantitative estimate of drug-likeness (QED) is 0.215. The predicted molar refractivity (Wildman–Crippen MR) is 146 cm³/mol. The van der Waals surface area contributed by atoms with Gasteiger partial charge in [0.1, 0.15) is 11.4 Å². The van der Waals surface area contributed by atoms with Crippen molar-refractivity contribution in [1.82, 2.24) is 15.0 Å². The number of furan rings is 2. The third-order valence-corrected chi connectivity index (χ3v) is 6.64. The number of hydrogen-bond donors (Lipinski definition) is 1. The van der Waals surface area contributed by atoms with Gasteiger partial charge in [-0.1, -0.05) is 23.7 Å². The fraction of sp³-hybridized carbons (Fsp3) is 0.0357. The number of thiazole rings is 1. The SMILES string of the molecule is O=C(COC(=O)c1ccc2nc(-c3ccco3)c(-c3ccco3)nc2c1)Nc1nc(-c2ccc(Cl)cc2)cs1. The molecule has 9 nitrogen and oxygen atoms in total. The van der Waals surface area contributed by atoms with Gasteiger partial charge in [0, 0.05) is 16.0 Å². The van der Waals surface area contributed by atoms with Gasteiger partial charge in [-0.25, -0.2) is 19.7 Å². The van der Waals surface area contributed by atoms with Crippen LogP contribution in [0.15, 0.2) is 93.5 Å². The zero-order valence-corrected chi connectivity index (χ0v) is 21.5. The summed E-state index contributed by atoms with van der Waals surface area (Å²) in [5.74, 6) is -0.152. The largest absolute Gasteiger partial charge is 0.463 e. The van der Waals surface area contributed by atoms with Gasteiger partial charge < -0.3 is 13.6 Å². The van der Waals surface area contributed by atoms with E-state index in [-0.39, 0.29) is 5.56 Å². The van der Waals surface area contributed by atoms with Crippen molar-refractivity contribution in [2.24, 2.45) is 0 Å². The summed E-state index contributed by atoms with van der Waals surface area (Å²) in [5.41, 5.74) is 3.77. The van der Waals surface area contributed by atoms with Crippen LogP contribution in [0.4, 0.5) is 5.13 Å². The Hall–Kier alpha value is -4.80. The summed E-state index contributed by atoms with van der Waals surface area (Å²) < 4.78 is 16.3. The number of benzene rings is 2. The maximum absolute atomic E-state index is 12.7. The van der Waals surface area contributed by atoms with E-state index < -0.39 is 18.5 Å². The van der Waals surface area contributed by atoms with Gasteiger partial charge in [-0.15, -0.1) is 11.3 Å². The summed E-state index contributed by atoms with van der Waals surface area (Å²) >= 11 is 7.19. The molecule has 0 spiro atoms. The molecule has 0 saturated heterocycles. The minimum atomic E-state index is -0.676. The first-order valence-electron chi connectivity index (χ1n) is 11.6. The van der Waals surface area contributed by atoms with Crippen molar-refractivity contribution in [3.05, 3.63) is 95.2 Å². The van der Waals surface area contributed by atoms with Gasteiger partial charge in [0.25, 0.3) is 5.91 Å². The number of esters is 1. The van der Waals surface area contributed by atoms with E-state index in [2.05, 4.69) is 20.3 Å². The molecule has 39 heavy (non-hydrogen) atoms. The number of nitrogens with one attached hydrogen (secondary N) is 1. The third-order valence-electron chi connectivity index (χ3n) is 5.63. The van der Waals surface area contributed by atoms with Crippen LogP contribution in [0, 0.1) is 0 Å². The summed E-state index contributed by atoms with van der Waals surface area (Å²) in [6.07, 6.45) is 3.09. The Bertz CT molecular complexity index is 1780. The normalized spacial score (nSPS) is 11.0. The number of amides is 1.